The van der Waals surface area contributed by atoms with Gasteiger partial charge in [0.25, 0.3) is 0 Å². The summed E-state index contributed by atoms with van der Waals surface area (Å²) in [5.74, 6) is -0.834. The van der Waals surface area contributed by atoms with Gasteiger partial charge in [-0.25, -0.2) is 4.79 Å². The second-order valence-electron chi connectivity index (χ2n) is 3.25. The smallest absolute Gasteiger partial charge is 0.330 e. The number of carbonyl (C=O) groups is 1. The number of hydrogen-bond donors (Lipinski definition) is 1. The molecule has 0 atom stereocenters. The average molecular weight is 202 g/mol. The normalized spacial score (nSPS) is 12.2. The molecule has 4 heteroatoms. The molecule has 76 valence electrons. The first-order valence-corrected chi connectivity index (χ1v) is 7.33. The highest BCUT2D eigenvalue weighted by Crippen LogP contribution is 1.99. The molecule has 0 aromatic heterocycles. The highest BCUT2D eigenvalue weighted by Gasteiger charge is 1.98. The van der Waals surface area contributed by atoms with Crippen molar-refractivity contribution in [1.82, 2.24) is 0 Å². The highest BCUT2D eigenvalue weighted by atomic mass is 28.3. The Labute approximate surface area is 81.1 Å². The van der Waals surface area contributed by atoms with Gasteiger partial charge in [0.05, 0.1) is 0 Å². The van der Waals surface area contributed by atoms with E-state index in [2.05, 4.69) is 13.1 Å². The van der Waals surface area contributed by atoms with E-state index in [1.54, 1.807) is 13.0 Å². The summed E-state index contributed by atoms with van der Waals surface area (Å²) in [6.45, 7) is 6.62. The number of carboxylic acids is 1. The molecule has 0 saturated heterocycles. The zero-order valence-corrected chi connectivity index (χ0v) is 9.69. The summed E-state index contributed by atoms with van der Waals surface area (Å²) >= 11 is 0. The molecule has 0 aliphatic heterocycles. The summed E-state index contributed by atoms with van der Waals surface area (Å²) in [4.78, 5) is 10.4. The fourth-order valence-corrected chi connectivity index (χ4v) is 1.45. The Hall–Kier alpha value is -0.613. The third kappa shape index (κ3) is 7.74. The van der Waals surface area contributed by atoms with Crippen LogP contribution in [-0.2, 0) is 9.22 Å². The summed E-state index contributed by atoms with van der Waals surface area (Å²) < 4.78 is 5.45. The molecule has 0 amide bonds. The summed E-state index contributed by atoms with van der Waals surface area (Å²) in [7, 11) is -0.895. The van der Waals surface area contributed by atoms with Crippen molar-refractivity contribution in [3.8, 4) is 0 Å². The van der Waals surface area contributed by atoms with Gasteiger partial charge < -0.3 is 9.53 Å². The molecular formula is C9H18O3Si. The van der Waals surface area contributed by atoms with Crippen molar-refractivity contribution in [2.24, 2.45) is 0 Å². The van der Waals surface area contributed by atoms with Gasteiger partial charge in [0.15, 0.2) is 9.04 Å². The molecule has 0 aromatic rings. The van der Waals surface area contributed by atoms with Gasteiger partial charge in [0, 0.05) is 12.2 Å². The maximum Gasteiger partial charge on any atom is 0.330 e. The molecule has 13 heavy (non-hydrogen) atoms. The van der Waals surface area contributed by atoms with Gasteiger partial charge >= 0.3 is 5.97 Å². The van der Waals surface area contributed by atoms with Crippen molar-refractivity contribution in [3.63, 3.8) is 0 Å². The Balaban J connectivity index is 3.45. The minimum Gasteiger partial charge on any atom is -0.478 e. The molecule has 0 bridgehead atoms. The Morgan fingerprint density at radius 2 is 2.15 bits per heavy atom. The molecule has 3 nitrogen and oxygen atoms in total. The van der Waals surface area contributed by atoms with Crippen LogP contribution in [0.25, 0.3) is 0 Å². The van der Waals surface area contributed by atoms with Crippen LogP contribution < -0.4 is 0 Å². The number of unbranched alkanes of at least 4 members (excludes halogenated alkanes) is 1. The third-order valence-corrected chi connectivity index (χ3v) is 2.49. The number of carboxylic acid groups (broad SMARTS) is 1. The molecule has 0 fully saturated rings. The Morgan fingerprint density at radius 3 is 2.62 bits per heavy atom. The number of rotatable bonds is 6. The van der Waals surface area contributed by atoms with Gasteiger partial charge in [-0.1, -0.05) is 6.08 Å². The predicted molar refractivity (Wildman–Crippen MR) is 55.5 cm³/mol. The minimum absolute atomic E-state index is 0.418. The maximum atomic E-state index is 10.4. The van der Waals surface area contributed by atoms with Crippen molar-refractivity contribution in [2.45, 2.75) is 32.9 Å². The first kappa shape index (κ1) is 12.4. The lowest BCUT2D eigenvalue weighted by molar-refractivity contribution is -0.132. The van der Waals surface area contributed by atoms with Crippen LogP contribution in [0.5, 0.6) is 0 Å². The van der Waals surface area contributed by atoms with E-state index in [1.807, 2.05) is 0 Å². The summed E-state index contributed by atoms with van der Waals surface area (Å²) in [6.07, 6.45) is 3.45. The molecular weight excluding hydrogens is 184 g/mol. The van der Waals surface area contributed by atoms with Crippen LogP contribution in [0.4, 0.5) is 0 Å². The second kappa shape index (κ2) is 6.86. The van der Waals surface area contributed by atoms with Gasteiger partial charge in [-0.3, -0.25) is 0 Å². The topological polar surface area (TPSA) is 46.5 Å². The fourth-order valence-electron chi connectivity index (χ4n) is 0.808. The lowest BCUT2D eigenvalue weighted by Gasteiger charge is -2.04. The quantitative estimate of drug-likeness (QED) is 0.406. The van der Waals surface area contributed by atoms with Crippen molar-refractivity contribution in [3.05, 3.63) is 11.6 Å². The van der Waals surface area contributed by atoms with Crippen LogP contribution >= 0.6 is 0 Å². The van der Waals surface area contributed by atoms with E-state index in [0.717, 1.165) is 19.4 Å². The minimum atomic E-state index is -0.895. The second-order valence-corrected chi connectivity index (χ2v) is 5.68. The van der Waals surface area contributed by atoms with Gasteiger partial charge in [0.1, 0.15) is 0 Å². The molecule has 0 saturated carbocycles. The average Bonchev–Trinajstić information content (AvgIpc) is 2.02. The van der Waals surface area contributed by atoms with Crippen LogP contribution in [0.2, 0.25) is 13.1 Å². The zero-order valence-electron chi connectivity index (χ0n) is 8.54. The van der Waals surface area contributed by atoms with E-state index >= 15 is 0 Å². The van der Waals surface area contributed by atoms with Crippen molar-refractivity contribution in [1.29, 1.82) is 0 Å². The van der Waals surface area contributed by atoms with Crippen LogP contribution in [0.3, 0.4) is 0 Å². The van der Waals surface area contributed by atoms with E-state index in [-0.39, 0.29) is 0 Å². The maximum absolute atomic E-state index is 10.4. The van der Waals surface area contributed by atoms with Gasteiger partial charge in [-0.15, -0.1) is 0 Å². The number of hydrogen-bond acceptors (Lipinski definition) is 2. The molecule has 0 radical (unpaired) electrons. The largest absolute Gasteiger partial charge is 0.478 e. The molecule has 0 unspecified atom stereocenters. The van der Waals surface area contributed by atoms with E-state index in [0.29, 0.717) is 5.57 Å². The first-order valence-electron chi connectivity index (χ1n) is 4.55. The molecule has 0 rings (SSSR count). The molecule has 0 spiro atoms. The summed E-state index contributed by atoms with van der Waals surface area (Å²) in [6, 6.07) is 0. The van der Waals surface area contributed by atoms with E-state index in [4.69, 9.17) is 9.53 Å². The highest BCUT2D eigenvalue weighted by molar-refractivity contribution is 6.48. The van der Waals surface area contributed by atoms with Crippen molar-refractivity contribution in [2.75, 3.05) is 6.61 Å². The SMILES string of the molecule is CC(=CCCCO[SiH](C)C)C(=O)O. The number of allylic oxidation sites excluding steroid dienone is 1. The van der Waals surface area contributed by atoms with E-state index in [1.165, 1.54) is 0 Å². The molecule has 0 aromatic carbocycles. The van der Waals surface area contributed by atoms with Gasteiger partial charge in [0.2, 0.25) is 0 Å². The first-order chi connectivity index (χ1) is 6.04. The van der Waals surface area contributed by atoms with Crippen LogP contribution in [0, 0.1) is 0 Å². The Kier molecular flexibility index (Phi) is 6.53. The lowest BCUT2D eigenvalue weighted by Crippen LogP contribution is -2.08. The van der Waals surface area contributed by atoms with Crippen LogP contribution in [0.15, 0.2) is 11.6 Å². The predicted octanol–water partition coefficient (Wildman–Crippen LogP) is 1.80. The van der Waals surface area contributed by atoms with Gasteiger partial charge in [-0.2, -0.15) is 0 Å². The Bertz CT molecular complexity index is 187. The zero-order chi connectivity index (χ0) is 10.3. The van der Waals surface area contributed by atoms with Crippen molar-refractivity contribution < 1.29 is 14.3 Å². The molecule has 0 aliphatic carbocycles. The molecule has 1 N–H and O–H groups in total. The van der Waals surface area contributed by atoms with Crippen LogP contribution in [0.1, 0.15) is 19.8 Å². The van der Waals surface area contributed by atoms with E-state index in [9.17, 15) is 4.79 Å². The summed E-state index contributed by atoms with van der Waals surface area (Å²) in [5, 5.41) is 8.53. The van der Waals surface area contributed by atoms with E-state index < -0.39 is 15.0 Å². The molecule has 0 aliphatic rings. The van der Waals surface area contributed by atoms with Gasteiger partial charge in [-0.05, 0) is 32.9 Å². The third-order valence-electron chi connectivity index (χ3n) is 1.59. The summed E-state index contributed by atoms with van der Waals surface area (Å²) in [5.41, 5.74) is 0.418. The molecule has 0 heterocycles. The van der Waals surface area contributed by atoms with Crippen LogP contribution in [-0.4, -0.2) is 26.7 Å². The fraction of sp³-hybridized carbons (Fsp3) is 0.667. The lowest BCUT2D eigenvalue weighted by atomic mass is 10.2. The Morgan fingerprint density at radius 1 is 1.54 bits per heavy atom. The number of aliphatic carboxylic acids is 1. The monoisotopic (exact) mass is 202 g/mol. The van der Waals surface area contributed by atoms with Crippen molar-refractivity contribution >= 4 is 15.0 Å². The standard InChI is InChI=1S/C9H18O3Si/c1-8(9(10)11)6-4-5-7-12-13(2)3/h6,13H,4-5,7H2,1-3H3,(H,10,11).